The second-order valence-corrected chi connectivity index (χ2v) is 40.2. The van der Waals surface area contributed by atoms with E-state index in [0.29, 0.717) is 0 Å². The largest absolute Gasteiger partial charge is 0.541 e. The van der Waals surface area contributed by atoms with Gasteiger partial charge in [0.25, 0.3) is 33.3 Å². The van der Waals surface area contributed by atoms with Crippen molar-refractivity contribution in [3.05, 3.63) is 31.4 Å². The predicted molar refractivity (Wildman–Crippen MR) is 229 cm³/mol. The average molecular weight is 927 g/mol. The highest BCUT2D eigenvalue weighted by Gasteiger charge is 2.44. The molecule has 0 aliphatic carbocycles. The Kier molecular flexibility index (Phi) is 12.5. The van der Waals surface area contributed by atoms with Crippen molar-refractivity contribution in [2.45, 2.75) is 156 Å². The van der Waals surface area contributed by atoms with Gasteiger partial charge >= 0.3 is 0 Å². The highest BCUT2D eigenvalue weighted by Crippen LogP contribution is 2.49. The molecule has 0 saturated heterocycles. The van der Waals surface area contributed by atoms with Crippen molar-refractivity contribution in [3.63, 3.8) is 0 Å². The number of benzene rings is 2. The molecule has 262 valence electrons. The SMILES string of the molecule is CC(C)(C)[Si](C)(C)Oc1cc(I)c(-c2cc(O[Si](C)(C)C(C)(C)C)c(O[Si](C)(C)C(C)(C)C)cc2I)cc1O[Si](C)(C)C(C)(C)C. The predicted octanol–water partition coefficient (Wildman–Crippen LogP) is 14.1. The van der Waals surface area contributed by atoms with Gasteiger partial charge in [0.1, 0.15) is 23.0 Å². The summed E-state index contributed by atoms with van der Waals surface area (Å²) in [5, 5.41) is 0.227. The maximum Gasteiger partial charge on any atom is 0.250 e. The Morgan fingerprint density at radius 2 is 0.543 bits per heavy atom. The lowest BCUT2D eigenvalue weighted by atomic mass is 10.0. The summed E-state index contributed by atoms with van der Waals surface area (Å²) < 4.78 is 30.4. The van der Waals surface area contributed by atoms with Crippen molar-refractivity contribution in [3.8, 4) is 34.1 Å². The summed E-state index contributed by atoms with van der Waals surface area (Å²) in [7, 11) is -8.60. The minimum absolute atomic E-state index is 0.0474. The van der Waals surface area contributed by atoms with Gasteiger partial charge in [-0.1, -0.05) is 83.1 Å². The molecule has 0 bridgehead atoms. The van der Waals surface area contributed by atoms with Gasteiger partial charge in [-0.3, -0.25) is 0 Å². The molecule has 0 unspecified atom stereocenters. The van der Waals surface area contributed by atoms with Crippen molar-refractivity contribution in [1.29, 1.82) is 0 Å². The van der Waals surface area contributed by atoms with Crippen LogP contribution < -0.4 is 17.7 Å². The Morgan fingerprint density at radius 1 is 0.370 bits per heavy atom. The Hall–Kier alpha value is -0.0325. The van der Waals surface area contributed by atoms with Crippen LogP contribution in [0.25, 0.3) is 11.1 Å². The van der Waals surface area contributed by atoms with Crippen LogP contribution in [0.1, 0.15) is 83.1 Å². The van der Waals surface area contributed by atoms with Crippen LogP contribution in [0, 0.1) is 7.14 Å². The molecular formula is C36H64I2O4Si4. The summed E-state index contributed by atoms with van der Waals surface area (Å²) in [4.78, 5) is 0. The fraction of sp³-hybridized carbons (Fsp3) is 0.667. The Morgan fingerprint density at radius 3 is 0.717 bits per heavy atom. The van der Waals surface area contributed by atoms with Crippen LogP contribution >= 0.6 is 45.2 Å². The van der Waals surface area contributed by atoms with Crippen molar-refractivity contribution >= 4 is 78.5 Å². The first-order valence-electron chi connectivity index (χ1n) is 16.6. The van der Waals surface area contributed by atoms with Crippen LogP contribution in [-0.4, -0.2) is 33.3 Å². The standard InChI is InChI=1S/C36H64I2O4Si4/c1-33(2,3)43(13,14)39-29-21-25(27(37)23-31(29)41-45(17,18)35(7,8)9)26-22-30(40-44(15,16)34(4,5)6)32(24-28(26)38)42-46(19,20)36(10,11)12/h21-24H,1-20H3. The van der Waals surface area contributed by atoms with E-state index in [-0.39, 0.29) is 20.2 Å². The first-order chi connectivity index (χ1) is 20.1. The summed E-state index contributed by atoms with van der Waals surface area (Å²) in [6.45, 7) is 45.9. The zero-order valence-electron chi connectivity index (χ0n) is 32.7. The van der Waals surface area contributed by atoms with E-state index in [1.54, 1.807) is 0 Å². The number of rotatable bonds is 9. The molecule has 0 fully saturated rings. The van der Waals surface area contributed by atoms with E-state index in [0.717, 1.165) is 41.3 Å². The molecule has 46 heavy (non-hydrogen) atoms. The van der Waals surface area contributed by atoms with Gasteiger partial charge in [-0.15, -0.1) is 0 Å². The van der Waals surface area contributed by atoms with Gasteiger partial charge in [0.2, 0.25) is 0 Å². The van der Waals surface area contributed by atoms with Crippen molar-refractivity contribution < 1.29 is 17.7 Å². The Balaban J connectivity index is 2.93. The smallest absolute Gasteiger partial charge is 0.250 e. The number of hydrogen-bond acceptors (Lipinski definition) is 4. The molecule has 0 amide bonds. The molecule has 0 saturated carbocycles. The Bertz CT molecular complexity index is 1300. The van der Waals surface area contributed by atoms with Crippen LogP contribution in [0.4, 0.5) is 0 Å². The highest BCUT2D eigenvalue weighted by molar-refractivity contribution is 14.1. The van der Waals surface area contributed by atoms with Crippen molar-refractivity contribution in [2.24, 2.45) is 0 Å². The highest BCUT2D eigenvalue weighted by atomic mass is 127. The van der Waals surface area contributed by atoms with Gasteiger partial charge in [-0.05, 0) is 142 Å². The molecule has 0 N–H and O–H groups in total. The lowest BCUT2D eigenvalue weighted by Gasteiger charge is -2.40. The third kappa shape index (κ3) is 9.60. The second-order valence-electron chi connectivity index (χ2n) is 19.0. The van der Waals surface area contributed by atoms with Crippen LogP contribution in [0.3, 0.4) is 0 Å². The third-order valence-corrected chi connectivity index (χ3v) is 30.2. The van der Waals surface area contributed by atoms with E-state index in [1.165, 1.54) is 0 Å². The molecular weight excluding hydrogens is 863 g/mol. The van der Waals surface area contributed by atoms with Gasteiger partial charge in [-0.25, -0.2) is 0 Å². The van der Waals surface area contributed by atoms with Gasteiger partial charge in [0, 0.05) is 18.3 Å². The lowest BCUT2D eigenvalue weighted by Crippen LogP contribution is -2.46. The van der Waals surface area contributed by atoms with E-state index in [4.69, 9.17) is 17.7 Å². The third-order valence-electron chi connectivity index (χ3n) is 11.0. The Labute approximate surface area is 314 Å². The zero-order valence-corrected chi connectivity index (χ0v) is 41.0. The van der Waals surface area contributed by atoms with Crippen LogP contribution in [-0.2, 0) is 0 Å². The van der Waals surface area contributed by atoms with Crippen LogP contribution in [0.15, 0.2) is 24.3 Å². The minimum atomic E-state index is -2.17. The van der Waals surface area contributed by atoms with Crippen LogP contribution in [0.5, 0.6) is 23.0 Å². The molecule has 2 rings (SSSR count). The molecule has 0 aliphatic heterocycles. The number of halogens is 2. The first kappa shape index (κ1) is 42.1. The number of hydrogen-bond donors (Lipinski definition) is 0. The molecule has 0 heterocycles. The molecule has 0 aliphatic rings. The molecule has 2 aromatic rings. The lowest BCUT2D eigenvalue weighted by molar-refractivity contribution is 0.440. The van der Waals surface area contributed by atoms with Crippen molar-refractivity contribution in [1.82, 2.24) is 0 Å². The average Bonchev–Trinajstić information content (AvgIpc) is 2.79. The molecule has 0 atom stereocenters. The molecule has 0 spiro atoms. The van der Waals surface area contributed by atoms with Gasteiger partial charge in [0.05, 0.1) is 0 Å². The van der Waals surface area contributed by atoms with Crippen LogP contribution in [0.2, 0.25) is 72.5 Å². The van der Waals surface area contributed by atoms with E-state index < -0.39 is 33.3 Å². The second kappa shape index (κ2) is 13.6. The molecule has 2 aromatic carbocycles. The monoisotopic (exact) mass is 926 g/mol. The molecule has 0 aromatic heterocycles. The maximum absolute atomic E-state index is 7.08. The molecule has 10 heteroatoms. The summed E-state index contributed by atoms with van der Waals surface area (Å²) in [6, 6.07) is 8.85. The van der Waals surface area contributed by atoms with Gasteiger partial charge in [0.15, 0.2) is 0 Å². The summed E-state index contributed by atoms with van der Waals surface area (Å²) in [5.41, 5.74) is 2.25. The fourth-order valence-electron chi connectivity index (χ4n) is 3.51. The topological polar surface area (TPSA) is 36.9 Å². The normalized spacial score (nSPS) is 14.3. The quantitative estimate of drug-likeness (QED) is 0.185. The summed E-state index contributed by atoms with van der Waals surface area (Å²) in [5.74, 6) is 3.40. The van der Waals surface area contributed by atoms with Crippen molar-refractivity contribution in [2.75, 3.05) is 0 Å². The van der Waals surface area contributed by atoms with E-state index in [9.17, 15) is 0 Å². The summed E-state index contributed by atoms with van der Waals surface area (Å²) in [6.07, 6.45) is 0. The van der Waals surface area contributed by atoms with Gasteiger partial charge < -0.3 is 17.7 Å². The zero-order chi connectivity index (χ0) is 36.3. The first-order valence-corrected chi connectivity index (χ1v) is 30.4. The minimum Gasteiger partial charge on any atom is -0.541 e. The van der Waals surface area contributed by atoms with E-state index in [2.05, 4.69) is 205 Å². The molecule has 4 nitrogen and oxygen atoms in total. The summed E-state index contributed by atoms with van der Waals surface area (Å²) >= 11 is 4.95. The van der Waals surface area contributed by atoms with Gasteiger partial charge in [-0.2, -0.15) is 0 Å². The molecule has 0 radical (unpaired) electrons. The van der Waals surface area contributed by atoms with E-state index >= 15 is 0 Å². The van der Waals surface area contributed by atoms with E-state index in [1.807, 2.05) is 0 Å². The maximum atomic E-state index is 7.08. The fourth-order valence-corrected chi connectivity index (χ4v) is 9.03.